The van der Waals surface area contributed by atoms with Gasteiger partial charge in [0.2, 0.25) is 0 Å². The Hall–Kier alpha value is -0.930. The Labute approximate surface area is 94.8 Å². The Morgan fingerprint density at radius 1 is 1.53 bits per heavy atom. The molecule has 0 aliphatic rings. The molecule has 4 heteroatoms. The summed E-state index contributed by atoms with van der Waals surface area (Å²) < 4.78 is 5.00. The van der Waals surface area contributed by atoms with Crippen molar-refractivity contribution in [3.8, 4) is 11.5 Å². The second-order valence-corrected chi connectivity index (χ2v) is 3.86. The number of phenolic OH excluding ortho intramolecular Hbond substituents is 1. The van der Waals surface area contributed by atoms with Crippen molar-refractivity contribution < 1.29 is 9.84 Å². The number of nitrogens with two attached hydrogens (primary N) is 1. The molecule has 0 aliphatic carbocycles. The molecule has 1 aromatic carbocycles. The first-order valence-corrected chi connectivity index (χ1v) is 5.29. The van der Waals surface area contributed by atoms with Crippen LogP contribution in [0.25, 0.3) is 0 Å². The first-order valence-electron chi connectivity index (χ1n) is 4.92. The predicted molar refractivity (Wildman–Crippen MR) is 61.5 cm³/mol. The van der Waals surface area contributed by atoms with Crippen molar-refractivity contribution in [2.24, 2.45) is 5.73 Å². The molecule has 0 aliphatic heterocycles. The van der Waals surface area contributed by atoms with Gasteiger partial charge >= 0.3 is 0 Å². The molecule has 1 aromatic rings. The molecule has 0 fully saturated rings. The highest BCUT2D eigenvalue weighted by molar-refractivity contribution is 6.32. The van der Waals surface area contributed by atoms with Gasteiger partial charge in [0.1, 0.15) is 0 Å². The van der Waals surface area contributed by atoms with Gasteiger partial charge in [0.05, 0.1) is 12.1 Å². The van der Waals surface area contributed by atoms with Crippen LogP contribution in [0.3, 0.4) is 0 Å². The van der Waals surface area contributed by atoms with Crippen LogP contribution in [-0.2, 0) is 0 Å². The summed E-state index contributed by atoms with van der Waals surface area (Å²) in [4.78, 5) is 0. The van der Waals surface area contributed by atoms with Crippen molar-refractivity contribution in [1.29, 1.82) is 0 Å². The molecule has 1 rings (SSSR count). The minimum atomic E-state index is -0.0676. The average Bonchev–Trinajstić information content (AvgIpc) is 2.22. The van der Waals surface area contributed by atoms with E-state index in [-0.39, 0.29) is 16.8 Å². The molecule has 84 valence electrons. The van der Waals surface area contributed by atoms with E-state index in [4.69, 9.17) is 22.1 Å². The summed E-state index contributed by atoms with van der Waals surface area (Å²) in [5.74, 6) is 0.329. The van der Waals surface area contributed by atoms with E-state index in [2.05, 4.69) is 6.92 Å². The van der Waals surface area contributed by atoms with Crippen molar-refractivity contribution in [3.05, 3.63) is 22.7 Å². The van der Waals surface area contributed by atoms with Crippen molar-refractivity contribution in [2.75, 3.05) is 7.11 Å². The standard InChI is InChI=1S/C11H16ClNO2/c1-3-4-9(13)7-5-8(12)11(14)10(6-7)15-2/h5-6,9,14H,3-4,13H2,1-2H3/t9-/m1/s1. The molecule has 0 spiro atoms. The second kappa shape index (κ2) is 5.24. The molecular weight excluding hydrogens is 214 g/mol. The van der Waals surface area contributed by atoms with E-state index < -0.39 is 0 Å². The van der Waals surface area contributed by atoms with Gasteiger partial charge in [-0.05, 0) is 24.1 Å². The molecule has 0 saturated heterocycles. The zero-order valence-electron chi connectivity index (χ0n) is 8.96. The number of hydrogen-bond acceptors (Lipinski definition) is 3. The molecule has 0 heterocycles. The number of ether oxygens (including phenoxy) is 1. The van der Waals surface area contributed by atoms with Crippen LogP contribution < -0.4 is 10.5 Å². The number of methoxy groups -OCH3 is 1. The minimum Gasteiger partial charge on any atom is -0.503 e. The zero-order chi connectivity index (χ0) is 11.4. The van der Waals surface area contributed by atoms with E-state index >= 15 is 0 Å². The maximum atomic E-state index is 9.54. The van der Waals surface area contributed by atoms with Gasteiger partial charge in [0.25, 0.3) is 0 Å². The van der Waals surface area contributed by atoms with E-state index in [9.17, 15) is 5.11 Å². The largest absolute Gasteiger partial charge is 0.503 e. The molecule has 0 amide bonds. The summed E-state index contributed by atoms with van der Waals surface area (Å²) in [6.45, 7) is 2.07. The van der Waals surface area contributed by atoms with Crippen LogP contribution in [0.15, 0.2) is 12.1 Å². The normalized spacial score (nSPS) is 12.5. The molecule has 0 saturated carbocycles. The van der Waals surface area contributed by atoms with Gasteiger partial charge in [-0.15, -0.1) is 0 Å². The van der Waals surface area contributed by atoms with Crippen LogP contribution in [0.5, 0.6) is 11.5 Å². The lowest BCUT2D eigenvalue weighted by Crippen LogP contribution is -2.09. The highest BCUT2D eigenvalue weighted by Gasteiger charge is 2.12. The smallest absolute Gasteiger partial charge is 0.176 e. The number of rotatable bonds is 4. The van der Waals surface area contributed by atoms with Crippen molar-refractivity contribution in [1.82, 2.24) is 0 Å². The van der Waals surface area contributed by atoms with Crippen LogP contribution >= 0.6 is 11.6 Å². The van der Waals surface area contributed by atoms with Crippen LogP contribution in [0.4, 0.5) is 0 Å². The van der Waals surface area contributed by atoms with E-state index in [1.165, 1.54) is 7.11 Å². The fourth-order valence-electron chi connectivity index (χ4n) is 1.44. The second-order valence-electron chi connectivity index (χ2n) is 3.45. The number of halogens is 1. The van der Waals surface area contributed by atoms with Crippen LogP contribution in [-0.4, -0.2) is 12.2 Å². The predicted octanol–water partition coefficient (Wildman–Crippen LogP) is 2.85. The first kappa shape index (κ1) is 12.1. The van der Waals surface area contributed by atoms with E-state index in [1.807, 2.05) is 0 Å². The molecule has 0 aromatic heterocycles. The third-order valence-corrected chi connectivity index (χ3v) is 2.59. The van der Waals surface area contributed by atoms with Gasteiger partial charge in [-0.25, -0.2) is 0 Å². The van der Waals surface area contributed by atoms with E-state index in [1.54, 1.807) is 12.1 Å². The molecule has 0 bridgehead atoms. The van der Waals surface area contributed by atoms with Crippen LogP contribution in [0, 0.1) is 0 Å². The average molecular weight is 230 g/mol. The van der Waals surface area contributed by atoms with Gasteiger partial charge in [0, 0.05) is 6.04 Å². The lowest BCUT2D eigenvalue weighted by molar-refractivity contribution is 0.372. The summed E-state index contributed by atoms with van der Waals surface area (Å²) in [6, 6.07) is 3.34. The Kier molecular flexibility index (Phi) is 4.24. The fraction of sp³-hybridized carbons (Fsp3) is 0.455. The quantitative estimate of drug-likeness (QED) is 0.835. The number of hydrogen-bond donors (Lipinski definition) is 2. The lowest BCUT2D eigenvalue weighted by Gasteiger charge is -2.13. The van der Waals surface area contributed by atoms with Crippen LogP contribution in [0.2, 0.25) is 5.02 Å². The lowest BCUT2D eigenvalue weighted by atomic mass is 10.0. The highest BCUT2D eigenvalue weighted by atomic mass is 35.5. The van der Waals surface area contributed by atoms with Gasteiger partial charge in [-0.1, -0.05) is 24.9 Å². The summed E-state index contributed by atoms with van der Waals surface area (Å²) in [7, 11) is 1.49. The zero-order valence-corrected chi connectivity index (χ0v) is 9.71. The van der Waals surface area contributed by atoms with E-state index in [0.29, 0.717) is 5.75 Å². The molecule has 0 radical (unpaired) electrons. The molecule has 3 nitrogen and oxygen atoms in total. The van der Waals surface area contributed by atoms with Gasteiger partial charge in [-0.2, -0.15) is 0 Å². The Bertz CT molecular complexity index is 342. The first-order chi connectivity index (χ1) is 7.10. The SMILES string of the molecule is CCC[C@@H](N)c1cc(Cl)c(O)c(OC)c1. The number of benzene rings is 1. The maximum absolute atomic E-state index is 9.54. The fourth-order valence-corrected chi connectivity index (χ4v) is 1.66. The van der Waals surface area contributed by atoms with E-state index in [0.717, 1.165) is 18.4 Å². The van der Waals surface area contributed by atoms with Crippen molar-refractivity contribution in [2.45, 2.75) is 25.8 Å². The minimum absolute atomic E-state index is 0.0355. The summed E-state index contributed by atoms with van der Waals surface area (Å²) >= 11 is 5.86. The molecule has 1 atom stereocenters. The maximum Gasteiger partial charge on any atom is 0.176 e. The van der Waals surface area contributed by atoms with Crippen LogP contribution in [0.1, 0.15) is 31.4 Å². The van der Waals surface area contributed by atoms with Gasteiger partial charge in [0.15, 0.2) is 11.5 Å². The third kappa shape index (κ3) is 2.76. The van der Waals surface area contributed by atoms with Gasteiger partial charge in [-0.3, -0.25) is 0 Å². The molecule has 0 unspecified atom stereocenters. The summed E-state index contributed by atoms with van der Waals surface area (Å²) in [5.41, 5.74) is 6.84. The molecule has 15 heavy (non-hydrogen) atoms. The highest BCUT2D eigenvalue weighted by Crippen LogP contribution is 2.36. The van der Waals surface area contributed by atoms with Gasteiger partial charge < -0.3 is 15.6 Å². The molecule has 3 N–H and O–H groups in total. The van der Waals surface area contributed by atoms with Crippen molar-refractivity contribution >= 4 is 11.6 Å². The third-order valence-electron chi connectivity index (χ3n) is 2.30. The topological polar surface area (TPSA) is 55.5 Å². The van der Waals surface area contributed by atoms with Crippen molar-refractivity contribution in [3.63, 3.8) is 0 Å². The molecular formula is C11H16ClNO2. The summed E-state index contributed by atoms with van der Waals surface area (Å²) in [5, 5.41) is 9.81. The Morgan fingerprint density at radius 2 is 2.20 bits per heavy atom. The monoisotopic (exact) mass is 229 g/mol. The summed E-state index contributed by atoms with van der Waals surface area (Å²) in [6.07, 6.45) is 1.88. The Balaban J connectivity index is 3.05. The number of aromatic hydroxyl groups is 1. The Morgan fingerprint density at radius 3 is 2.73 bits per heavy atom. The number of phenols is 1.